The Balaban J connectivity index is 2.61. The zero-order valence-corrected chi connectivity index (χ0v) is 25.3. The van der Waals surface area contributed by atoms with Gasteiger partial charge in [-0.15, -0.1) is 0 Å². The second-order valence-electron chi connectivity index (χ2n) is 8.59. The van der Waals surface area contributed by atoms with Gasteiger partial charge in [0.15, 0.2) is 6.29 Å². The summed E-state index contributed by atoms with van der Waals surface area (Å²) in [5.41, 5.74) is 0. The lowest BCUT2D eigenvalue weighted by atomic mass is 9.99. The van der Waals surface area contributed by atoms with E-state index < -0.39 is 55.4 Å². The molecule has 9 nitrogen and oxygen atoms in total. The third-order valence-electron chi connectivity index (χ3n) is 5.27. The van der Waals surface area contributed by atoms with Gasteiger partial charge in [-0.05, 0) is 108 Å². The summed E-state index contributed by atoms with van der Waals surface area (Å²) in [5, 5.41) is 52.2. The molecule has 6 N–H and O–H groups in total. The van der Waals surface area contributed by atoms with Crippen molar-refractivity contribution in [1.82, 2.24) is 5.32 Å². The minimum atomic E-state index is -1.63. The molecule has 0 aromatic rings. The van der Waals surface area contributed by atoms with Gasteiger partial charge >= 0.3 is 0 Å². The normalized spacial score (nSPS) is 18.7. The summed E-state index contributed by atoms with van der Waals surface area (Å²) in [4.78, 5) is 12.3. The third kappa shape index (κ3) is 17.7. The van der Waals surface area contributed by atoms with Crippen molar-refractivity contribution in [3.63, 3.8) is 0 Å². The summed E-state index contributed by atoms with van der Waals surface area (Å²) in [6, 6.07) is -0.956. The van der Waals surface area contributed by atoms with Crippen LogP contribution in [0.4, 0.5) is 0 Å². The number of rotatable bonds is 8. The highest BCUT2D eigenvalue weighted by molar-refractivity contribution is 5.94. The van der Waals surface area contributed by atoms with E-state index in [1.807, 2.05) is 6.92 Å². The minimum Gasteiger partial charge on any atom is -0.394 e. The lowest BCUT2D eigenvalue weighted by Gasteiger charge is -2.40. The first-order chi connectivity index (χ1) is 22.8. The number of carbonyl (C=O) groups is 1. The smallest absolute Gasteiger partial charge is 0.297 e. The summed E-state index contributed by atoms with van der Waals surface area (Å²) in [5.74, 6) is 58.3. The van der Waals surface area contributed by atoms with Gasteiger partial charge in [-0.3, -0.25) is 4.79 Å². The van der Waals surface area contributed by atoms with Gasteiger partial charge in [0.2, 0.25) is 0 Å². The van der Waals surface area contributed by atoms with E-state index in [4.69, 9.17) is 9.47 Å². The molecule has 9 heteroatoms. The SMILES string of the molecule is CC#CC#CC#CC#CC#CC#CC#CC#CC#CC#CC#CC#CC(=O)N[C@@H](CO[C@H]1OC(CO)[C@H](O)[C@H](O)C1O)[C@H](O)CCC. The van der Waals surface area contributed by atoms with Crippen molar-refractivity contribution in [3.8, 4) is 142 Å². The molecule has 2 unspecified atom stereocenters. The Morgan fingerprint density at radius 3 is 1.53 bits per heavy atom. The Hall–Kier alpha value is -6.09. The zero-order chi connectivity index (χ0) is 34.5. The fraction of sp³-hybridized carbons (Fsp3) is 0.342. The van der Waals surface area contributed by atoms with Crippen molar-refractivity contribution in [2.75, 3.05) is 13.2 Å². The van der Waals surface area contributed by atoms with Gasteiger partial charge in [0.25, 0.3) is 5.91 Å². The standard InChI is InChI=1S/C38H27NO8/c1-3-5-6-7-8-9-10-11-12-13-14-15-16-17-18-19-20-21-22-23-24-25-26-28-34(42)39-31(32(41)27-4-2)30-46-38-37(45)36(44)35(43)33(29-40)47-38/h31-33,35-38,40-41,43-45H,4,27,29-30H2,1-2H3,(H,39,42)/t31-,32+,33?,35-,36-,37?,38-/m0/s1. The lowest BCUT2D eigenvalue weighted by molar-refractivity contribution is -0.302. The van der Waals surface area contributed by atoms with Crippen molar-refractivity contribution in [2.24, 2.45) is 0 Å². The molecule has 0 aromatic heterocycles. The van der Waals surface area contributed by atoms with E-state index in [9.17, 15) is 30.3 Å². The quantitative estimate of drug-likeness (QED) is 0.163. The molecule has 0 aromatic carbocycles. The van der Waals surface area contributed by atoms with Crippen LogP contribution in [0.25, 0.3) is 0 Å². The molecule has 1 rings (SSSR count). The molecule has 7 atom stereocenters. The second-order valence-corrected chi connectivity index (χ2v) is 8.59. The number of ether oxygens (including phenoxy) is 2. The van der Waals surface area contributed by atoms with Crippen molar-refractivity contribution >= 4 is 5.91 Å². The fourth-order valence-corrected chi connectivity index (χ4v) is 3.13. The van der Waals surface area contributed by atoms with Gasteiger partial charge in [0.1, 0.15) is 24.4 Å². The van der Waals surface area contributed by atoms with Crippen LogP contribution >= 0.6 is 0 Å². The van der Waals surface area contributed by atoms with Crippen LogP contribution in [0.15, 0.2) is 0 Å². The van der Waals surface area contributed by atoms with Crippen LogP contribution in [0.1, 0.15) is 26.7 Å². The summed E-state index contributed by atoms with van der Waals surface area (Å²) in [6.07, 6.45) is -7.52. The predicted molar refractivity (Wildman–Crippen MR) is 172 cm³/mol. The highest BCUT2D eigenvalue weighted by Gasteiger charge is 2.44. The monoisotopic (exact) mass is 625 g/mol. The van der Waals surface area contributed by atoms with E-state index >= 15 is 0 Å². The average molecular weight is 626 g/mol. The molecule has 0 spiro atoms. The van der Waals surface area contributed by atoms with E-state index in [2.05, 4.69) is 147 Å². The second kappa shape index (κ2) is 25.3. The van der Waals surface area contributed by atoms with Gasteiger partial charge in [-0.25, -0.2) is 0 Å². The lowest BCUT2D eigenvalue weighted by Crippen LogP contribution is -2.60. The predicted octanol–water partition coefficient (Wildman–Crippen LogP) is -2.49. The molecule has 0 bridgehead atoms. The van der Waals surface area contributed by atoms with E-state index in [0.717, 1.165) is 0 Å². The summed E-state index contributed by atoms with van der Waals surface area (Å²) < 4.78 is 10.7. The molecule has 1 saturated heterocycles. The number of hydrogen-bond donors (Lipinski definition) is 6. The average Bonchev–Trinajstić information content (AvgIpc) is 3.06. The van der Waals surface area contributed by atoms with E-state index in [0.29, 0.717) is 12.8 Å². The molecular formula is C38H27NO8. The molecule has 1 aliphatic heterocycles. The van der Waals surface area contributed by atoms with Crippen LogP contribution in [-0.4, -0.2) is 87.5 Å². The molecule has 0 aliphatic carbocycles. The number of hydrogen-bond acceptors (Lipinski definition) is 8. The topological polar surface area (TPSA) is 149 Å². The summed E-state index contributed by atoms with van der Waals surface area (Å²) in [6.45, 7) is 2.55. The van der Waals surface area contributed by atoms with E-state index in [-0.39, 0.29) is 6.61 Å². The van der Waals surface area contributed by atoms with Crippen LogP contribution < -0.4 is 5.32 Å². The van der Waals surface area contributed by atoms with Crippen LogP contribution in [0.5, 0.6) is 0 Å². The molecule has 1 heterocycles. The van der Waals surface area contributed by atoms with Crippen molar-refractivity contribution in [3.05, 3.63) is 0 Å². The summed E-state index contributed by atoms with van der Waals surface area (Å²) in [7, 11) is 0. The molecular weight excluding hydrogens is 598 g/mol. The van der Waals surface area contributed by atoms with E-state index in [1.165, 1.54) is 0 Å². The Morgan fingerprint density at radius 1 is 0.702 bits per heavy atom. The van der Waals surface area contributed by atoms with Gasteiger partial charge in [-0.1, -0.05) is 19.3 Å². The van der Waals surface area contributed by atoms with Crippen molar-refractivity contribution in [1.29, 1.82) is 0 Å². The maximum absolute atomic E-state index is 12.3. The first-order valence-electron chi connectivity index (χ1n) is 13.7. The molecule has 1 fully saturated rings. The number of amides is 1. The van der Waals surface area contributed by atoms with Gasteiger partial charge < -0.3 is 40.3 Å². The van der Waals surface area contributed by atoms with Gasteiger partial charge in [0, 0.05) is 41.4 Å². The molecule has 47 heavy (non-hydrogen) atoms. The van der Waals surface area contributed by atoms with Crippen molar-refractivity contribution < 1.29 is 39.8 Å². The highest BCUT2D eigenvalue weighted by Crippen LogP contribution is 2.22. The van der Waals surface area contributed by atoms with Crippen molar-refractivity contribution in [2.45, 2.75) is 69.5 Å². The Kier molecular flexibility index (Phi) is 20.9. The van der Waals surface area contributed by atoms with Gasteiger partial charge in [0.05, 0.1) is 25.4 Å². The van der Waals surface area contributed by atoms with Crippen LogP contribution in [0.2, 0.25) is 0 Å². The molecule has 1 amide bonds. The molecule has 1 aliphatic rings. The largest absolute Gasteiger partial charge is 0.394 e. The van der Waals surface area contributed by atoms with E-state index in [1.54, 1.807) is 6.92 Å². The number of aliphatic hydroxyl groups excluding tert-OH is 5. The summed E-state index contributed by atoms with van der Waals surface area (Å²) >= 11 is 0. The fourth-order valence-electron chi connectivity index (χ4n) is 3.13. The number of carbonyl (C=O) groups excluding carboxylic acids is 1. The van der Waals surface area contributed by atoms with Gasteiger partial charge in [-0.2, -0.15) is 0 Å². The van der Waals surface area contributed by atoms with Crippen LogP contribution in [-0.2, 0) is 14.3 Å². The maximum Gasteiger partial charge on any atom is 0.297 e. The zero-order valence-electron chi connectivity index (χ0n) is 25.3. The maximum atomic E-state index is 12.3. The number of aliphatic hydroxyl groups is 5. The Labute approximate surface area is 275 Å². The van der Waals surface area contributed by atoms with Crippen LogP contribution in [0.3, 0.4) is 0 Å². The number of nitrogens with one attached hydrogen (secondary N) is 1. The molecule has 232 valence electrons. The molecule has 0 radical (unpaired) electrons. The molecule has 0 saturated carbocycles. The minimum absolute atomic E-state index is 0.313. The first kappa shape index (κ1) is 38.9. The third-order valence-corrected chi connectivity index (χ3v) is 5.27. The Morgan fingerprint density at radius 2 is 1.13 bits per heavy atom. The first-order valence-corrected chi connectivity index (χ1v) is 13.7. The highest BCUT2D eigenvalue weighted by atomic mass is 16.7. The van der Waals surface area contributed by atoms with Crippen LogP contribution in [0, 0.1) is 142 Å². The Bertz CT molecular complexity index is 1890.